The van der Waals surface area contributed by atoms with E-state index in [1.807, 2.05) is 36.4 Å². The molecule has 2 aromatic heterocycles. The van der Waals surface area contributed by atoms with Crippen molar-refractivity contribution in [3.05, 3.63) is 83.9 Å². The number of carbonyl (C=O) groups is 3. The van der Waals surface area contributed by atoms with E-state index in [9.17, 15) is 14.4 Å². The molecule has 2 aliphatic heterocycles. The van der Waals surface area contributed by atoms with Crippen molar-refractivity contribution in [1.82, 2.24) is 15.2 Å². The monoisotopic (exact) mass is 537 g/mol. The van der Waals surface area contributed by atoms with E-state index in [1.165, 1.54) is 17.4 Å². The lowest BCUT2D eigenvalue weighted by atomic mass is 10.0. The number of likely N-dealkylation sites (tertiary alicyclic amines) is 1. The van der Waals surface area contributed by atoms with Gasteiger partial charge in [0.2, 0.25) is 5.91 Å². The normalized spacial score (nSPS) is 16.6. The second-order valence-corrected chi connectivity index (χ2v) is 10.8. The summed E-state index contributed by atoms with van der Waals surface area (Å²) in [6.45, 7) is 6.69. The fraction of sp³-hybridized carbons (Fsp3) is 0.200. The van der Waals surface area contributed by atoms with Crippen molar-refractivity contribution in [2.75, 3.05) is 23.3 Å². The van der Waals surface area contributed by atoms with Crippen LogP contribution in [0.2, 0.25) is 0 Å². The molecule has 6 rings (SSSR count). The van der Waals surface area contributed by atoms with Crippen LogP contribution in [0.3, 0.4) is 0 Å². The summed E-state index contributed by atoms with van der Waals surface area (Å²) < 4.78 is 0. The lowest BCUT2D eigenvalue weighted by Gasteiger charge is -2.32. The maximum absolute atomic E-state index is 13.5. The maximum Gasteiger partial charge on any atom is 0.331 e. The van der Waals surface area contributed by atoms with Crippen LogP contribution in [-0.4, -0.2) is 46.9 Å². The molecule has 2 aliphatic rings. The van der Waals surface area contributed by atoms with Gasteiger partial charge in [0.1, 0.15) is 9.71 Å². The molecule has 2 aromatic carbocycles. The molecule has 0 radical (unpaired) electrons. The summed E-state index contributed by atoms with van der Waals surface area (Å²) >= 11 is 1.25. The third kappa shape index (κ3) is 4.55. The number of benzene rings is 2. The fourth-order valence-electron chi connectivity index (χ4n) is 5.33. The number of urea groups is 1. The number of hydrogen-bond donors (Lipinski definition) is 2. The zero-order valence-corrected chi connectivity index (χ0v) is 22.3. The number of nitrogens with zero attached hydrogens (tertiary/aromatic N) is 3. The Balaban J connectivity index is 1.33. The van der Waals surface area contributed by atoms with E-state index in [1.54, 1.807) is 22.1 Å². The molecule has 0 saturated carbocycles. The SMILES string of the molecule is C=CC(=O)N1CCC[C@@H](NC(=O)c2sc3nccc4c3c2NC(=O)N4c2cccc(-c3cccc(C)c3)c2)C1. The van der Waals surface area contributed by atoms with E-state index >= 15 is 0 Å². The Morgan fingerprint density at radius 3 is 2.74 bits per heavy atom. The molecular formula is C30H27N5O3S. The number of carbonyl (C=O) groups excluding carboxylic acids is 3. The summed E-state index contributed by atoms with van der Waals surface area (Å²) in [4.78, 5) is 47.9. The quantitative estimate of drug-likeness (QED) is 0.312. The molecule has 4 heterocycles. The van der Waals surface area contributed by atoms with Gasteiger partial charge in [-0.2, -0.15) is 0 Å². The summed E-state index contributed by atoms with van der Waals surface area (Å²) in [5.41, 5.74) is 5.10. The number of aromatic nitrogens is 1. The third-order valence-corrected chi connectivity index (χ3v) is 8.25. The standard InChI is InChI=1S/C30H27N5O3S/c1-3-24(36)34-14-6-10-21(17-34)32-28(37)27-26-25-23(12-13-31-29(25)39-27)35(30(38)33-26)22-11-5-9-20(16-22)19-8-4-7-18(2)15-19/h3-5,7-9,11-13,15-16,21H,1,6,10,14,17H2,2H3,(H,32,37)(H,33,38)/t21-/m1/s1. The molecule has 1 saturated heterocycles. The number of piperidine rings is 1. The van der Waals surface area contributed by atoms with E-state index in [0.29, 0.717) is 34.2 Å². The number of nitrogens with one attached hydrogen (secondary N) is 2. The molecule has 0 spiro atoms. The minimum absolute atomic E-state index is 0.140. The summed E-state index contributed by atoms with van der Waals surface area (Å²) in [6.07, 6.45) is 4.53. The van der Waals surface area contributed by atoms with Crippen molar-refractivity contribution < 1.29 is 14.4 Å². The van der Waals surface area contributed by atoms with Gasteiger partial charge in [0, 0.05) is 25.3 Å². The van der Waals surface area contributed by atoms with Crippen LogP contribution in [0.15, 0.2) is 73.4 Å². The van der Waals surface area contributed by atoms with Gasteiger partial charge in [0.15, 0.2) is 0 Å². The molecule has 196 valence electrons. The first kappa shape index (κ1) is 24.8. The highest BCUT2D eigenvalue weighted by molar-refractivity contribution is 7.21. The van der Waals surface area contributed by atoms with Crippen LogP contribution in [0.25, 0.3) is 21.3 Å². The van der Waals surface area contributed by atoms with Gasteiger partial charge < -0.3 is 15.5 Å². The van der Waals surface area contributed by atoms with Gasteiger partial charge in [0.25, 0.3) is 5.91 Å². The van der Waals surface area contributed by atoms with Crippen LogP contribution in [0.4, 0.5) is 21.9 Å². The summed E-state index contributed by atoms with van der Waals surface area (Å²) in [6, 6.07) is 17.4. The number of pyridine rings is 1. The van der Waals surface area contributed by atoms with Crippen LogP contribution in [0.1, 0.15) is 28.1 Å². The van der Waals surface area contributed by atoms with Crippen LogP contribution < -0.4 is 15.5 Å². The lowest BCUT2D eigenvalue weighted by molar-refractivity contribution is -0.127. The third-order valence-electron chi connectivity index (χ3n) is 7.15. The lowest BCUT2D eigenvalue weighted by Crippen LogP contribution is -2.49. The Morgan fingerprint density at radius 1 is 1.15 bits per heavy atom. The molecule has 1 fully saturated rings. The van der Waals surface area contributed by atoms with E-state index in [-0.39, 0.29) is 23.9 Å². The van der Waals surface area contributed by atoms with Crippen molar-refractivity contribution in [3.8, 4) is 11.1 Å². The average Bonchev–Trinajstić information content (AvgIpc) is 3.32. The van der Waals surface area contributed by atoms with Gasteiger partial charge in [-0.05, 0) is 55.2 Å². The molecule has 0 aliphatic carbocycles. The van der Waals surface area contributed by atoms with Crippen molar-refractivity contribution in [3.63, 3.8) is 0 Å². The van der Waals surface area contributed by atoms with Gasteiger partial charge in [-0.15, -0.1) is 11.3 Å². The zero-order chi connectivity index (χ0) is 27.1. The summed E-state index contributed by atoms with van der Waals surface area (Å²) in [5, 5.41) is 6.76. The van der Waals surface area contributed by atoms with Crippen molar-refractivity contribution in [2.45, 2.75) is 25.8 Å². The first-order valence-electron chi connectivity index (χ1n) is 12.8. The molecule has 8 nitrogen and oxygen atoms in total. The number of thiophene rings is 1. The fourth-order valence-corrected chi connectivity index (χ4v) is 6.35. The second kappa shape index (κ2) is 9.99. The van der Waals surface area contributed by atoms with Crippen LogP contribution in [-0.2, 0) is 4.79 Å². The molecule has 4 amide bonds. The molecule has 4 aromatic rings. The first-order valence-corrected chi connectivity index (χ1v) is 13.7. The molecule has 0 bridgehead atoms. The highest BCUT2D eigenvalue weighted by atomic mass is 32.1. The highest BCUT2D eigenvalue weighted by Gasteiger charge is 2.34. The minimum Gasteiger partial charge on any atom is -0.347 e. The largest absolute Gasteiger partial charge is 0.347 e. The van der Waals surface area contributed by atoms with Crippen molar-refractivity contribution >= 4 is 56.5 Å². The number of hydrogen-bond acceptors (Lipinski definition) is 5. The van der Waals surface area contributed by atoms with Crippen LogP contribution >= 0.6 is 11.3 Å². The predicted molar refractivity (Wildman–Crippen MR) is 155 cm³/mol. The molecule has 9 heteroatoms. The van der Waals surface area contributed by atoms with Crippen LogP contribution in [0, 0.1) is 6.92 Å². The van der Waals surface area contributed by atoms with Gasteiger partial charge >= 0.3 is 6.03 Å². The van der Waals surface area contributed by atoms with E-state index < -0.39 is 0 Å². The predicted octanol–water partition coefficient (Wildman–Crippen LogP) is 5.86. The van der Waals surface area contributed by atoms with Gasteiger partial charge in [-0.3, -0.25) is 14.5 Å². The number of rotatable bonds is 5. The number of anilines is 3. The Labute approximate surface area is 230 Å². The Bertz CT molecular complexity index is 1640. The molecule has 2 N–H and O–H groups in total. The molecule has 39 heavy (non-hydrogen) atoms. The smallest absolute Gasteiger partial charge is 0.331 e. The van der Waals surface area contributed by atoms with E-state index in [4.69, 9.17) is 0 Å². The molecule has 0 unspecified atom stereocenters. The minimum atomic E-state index is -0.343. The van der Waals surface area contributed by atoms with Gasteiger partial charge in [-0.1, -0.05) is 48.5 Å². The molecular weight excluding hydrogens is 510 g/mol. The van der Waals surface area contributed by atoms with E-state index in [0.717, 1.165) is 40.6 Å². The Hall–Kier alpha value is -4.50. The zero-order valence-electron chi connectivity index (χ0n) is 21.4. The van der Waals surface area contributed by atoms with Gasteiger partial charge in [0.05, 0.1) is 22.4 Å². The topological polar surface area (TPSA) is 94.6 Å². The van der Waals surface area contributed by atoms with Crippen LogP contribution in [0.5, 0.6) is 0 Å². The van der Waals surface area contributed by atoms with Gasteiger partial charge in [-0.25, -0.2) is 9.78 Å². The maximum atomic E-state index is 13.5. The molecule has 1 atom stereocenters. The number of aryl methyl sites for hydroxylation is 1. The second-order valence-electron chi connectivity index (χ2n) is 9.80. The summed E-state index contributed by atoms with van der Waals surface area (Å²) in [5.74, 6) is -0.425. The average molecular weight is 538 g/mol. The van der Waals surface area contributed by atoms with Crippen molar-refractivity contribution in [2.24, 2.45) is 0 Å². The Morgan fingerprint density at radius 2 is 1.95 bits per heavy atom. The highest BCUT2D eigenvalue weighted by Crippen LogP contribution is 2.46. The summed E-state index contributed by atoms with van der Waals surface area (Å²) in [7, 11) is 0. The van der Waals surface area contributed by atoms with Crippen molar-refractivity contribution in [1.29, 1.82) is 0 Å². The van der Waals surface area contributed by atoms with E-state index in [2.05, 4.69) is 41.3 Å². The Kier molecular flexibility index (Phi) is 6.36. The first-order chi connectivity index (χ1) is 18.9. The number of amides is 4.